The molecule has 0 aliphatic heterocycles. The Morgan fingerprint density at radius 1 is 1.12 bits per heavy atom. The first kappa shape index (κ1) is 17.3. The maximum Gasteiger partial charge on any atom is 0.339 e. The number of benzene rings is 2. The second-order valence-electron chi connectivity index (χ2n) is 5.53. The fraction of sp³-hybridized carbons (Fsp3) is 0.222. The normalized spacial score (nSPS) is 11.5. The van der Waals surface area contributed by atoms with Crippen LogP contribution in [0.4, 0.5) is 11.4 Å². The van der Waals surface area contributed by atoms with Crippen molar-refractivity contribution in [2.75, 3.05) is 24.3 Å². The van der Waals surface area contributed by atoms with E-state index in [2.05, 4.69) is 5.32 Å². The number of hydrogen-bond acceptors (Lipinski definition) is 5. The third kappa shape index (κ3) is 4.49. The number of ether oxygens (including phenoxy) is 1. The van der Waals surface area contributed by atoms with Crippen molar-refractivity contribution in [2.45, 2.75) is 13.0 Å². The molecule has 0 radical (unpaired) electrons. The monoisotopic (exact) mass is 328 g/mol. The van der Waals surface area contributed by atoms with E-state index in [1.54, 1.807) is 12.1 Å². The maximum atomic E-state index is 12.1. The van der Waals surface area contributed by atoms with Crippen LogP contribution in [0.1, 0.15) is 17.3 Å². The van der Waals surface area contributed by atoms with E-state index in [0.29, 0.717) is 5.69 Å². The number of esters is 1. The molecule has 0 saturated heterocycles. The largest absolute Gasteiger partial charge is 0.508 e. The van der Waals surface area contributed by atoms with E-state index in [1.165, 1.54) is 31.2 Å². The Bertz CT molecular complexity index is 726. The van der Waals surface area contributed by atoms with Crippen molar-refractivity contribution in [2.24, 2.45) is 0 Å². The van der Waals surface area contributed by atoms with Crippen molar-refractivity contribution >= 4 is 23.3 Å². The Labute approximate surface area is 140 Å². The fourth-order valence-corrected chi connectivity index (χ4v) is 2.00. The average Bonchev–Trinajstić information content (AvgIpc) is 2.55. The number of aromatic hydroxyl groups is 1. The lowest BCUT2D eigenvalue weighted by molar-refractivity contribution is -0.123. The topological polar surface area (TPSA) is 78.9 Å². The first-order chi connectivity index (χ1) is 11.4. The SMILES string of the molecule is C[C@@H](OC(=O)c1cccc(O)c1)C(=O)Nc1ccc(N(C)C)cc1. The van der Waals surface area contributed by atoms with E-state index in [0.717, 1.165) is 5.69 Å². The van der Waals surface area contributed by atoms with Crippen molar-refractivity contribution in [3.63, 3.8) is 0 Å². The summed E-state index contributed by atoms with van der Waals surface area (Å²) in [5, 5.41) is 12.1. The van der Waals surface area contributed by atoms with Gasteiger partial charge in [0, 0.05) is 25.5 Å². The van der Waals surface area contributed by atoms with Crippen molar-refractivity contribution < 1.29 is 19.4 Å². The number of phenols is 1. The maximum absolute atomic E-state index is 12.1. The van der Waals surface area contributed by atoms with Gasteiger partial charge < -0.3 is 20.1 Å². The van der Waals surface area contributed by atoms with Crippen LogP contribution in [0.5, 0.6) is 5.75 Å². The first-order valence-corrected chi connectivity index (χ1v) is 7.45. The Hall–Kier alpha value is -3.02. The molecule has 2 rings (SSSR count). The molecule has 6 nitrogen and oxygen atoms in total. The number of hydrogen-bond donors (Lipinski definition) is 2. The molecular formula is C18H20N2O4. The molecule has 2 aromatic rings. The van der Waals surface area contributed by atoms with Gasteiger partial charge in [-0.15, -0.1) is 0 Å². The third-order valence-corrected chi connectivity index (χ3v) is 3.39. The molecule has 2 N–H and O–H groups in total. The number of nitrogens with zero attached hydrogens (tertiary/aromatic N) is 1. The smallest absolute Gasteiger partial charge is 0.339 e. The summed E-state index contributed by atoms with van der Waals surface area (Å²) in [5.74, 6) is -1.14. The lowest BCUT2D eigenvalue weighted by Crippen LogP contribution is -2.30. The predicted molar refractivity (Wildman–Crippen MR) is 92.4 cm³/mol. The van der Waals surface area contributed by atoms with Crippen LogP contribution in [0.2, 0.25) is 0 Å². The molecule has 0 saturated carbocycles. The quantitative estimate of drug-likeness (QED) is 0.825. The number of carbonyl (C=O) groups is 2. The van der Waals surface area contributed by atoms with Gasteiger partial charge in [-0.3, -0.25) is 4.79 Å². The van der Waals surface area contributed by atoms with Gasteiger partial charge in [-0.2, -0.15) is 0 Å². The van der Waals surface area contributed by atoms with Crippen LogP contribution in [0.3, 0.4) is 0 Å². The molecule has 0 aliphatic rings. The van der Waals surface area contributed by atoms with Crippen LogP contribution in [-0.2, 0) is 9.53 Å². The zero-order valence-corrected chi connectivity index (χ0v) is 13.8. The standard InChI is InChI=1S/C18H20N2O4/c1-12(24-18(23)13-5-4-6-16(21)11-13)17(22)19-14-7-9-15(10-8-14)20(2)3/h4-12,21H,1-3H3,(H,19,22)/t12-/m1/s1. The number of rotatable bonds is 5. The van der Waals surface area contributed by atoms with Crippen LogP contribution in [0, 0.1) is 0 Å². The summed E-state index contributed by atoms with van der Waals surface area (Å²) in [7, 11) is 3.85. The Morgan fingerprint density at radius 3 is 2.38 bits per heavy atom. The summed E-state index contributed by atoms with van der Waals surface area (Å²) >= 11 is 0. The molecule has 0 aromatic heterocycles. The van der Waals surface area contributed by atoms with Gasteiger partial charge in [-0.1, -0.05) is 6.07 Å². The molecule has 1 atom stereocenters. The lowest BCUT2D eigenvalue weighted by Gasteiger charge is -2.15. The molecule has 0 fully saturated rings. The molecule has 0 unspecified atom stereocenters. The highest BCUT2D eigenvalue weighted by molar-refractivity contribution is 5.97. The second kappa shape index (κ2) is 7.50. The van der Waals surface area contributed by atoms with Crippen LogP contribution in [0.15, 0.2) is 48.5 Å². The van der Waals surface area contributed by atoms with Crippen LogP contribution in [-0.4, -0.2) is 37.2 Å². The van der Waals surface area contributed by atoms with E-state index in [4.69, 9.17) is 4.74 Å². The van der Waals surface area contributed by atoms with Gasteiger partial charge in [0.25, 0.3) is 5.91 Å². The number of nitrogens with one attached hydrogen (secondary N) is 1. The van der Waals surface area contributed by atoms with Crippen LogP contribution >= 0.6 is 0 Å². The minimum Gasteiger partial charge on any atom is -0.508 e. The van der Waals surface area contributed by atoms with E-state index >= 15 is 0 Å². The van der Waals surface area contributed by atoms with Gasteiger partial charge in [-0.05, 0) is 49.4 Å². The third-order valence-electron chi connectivity index (χ3n) is 3.39. The molecule has 24 heavy (non-hydrogen) atoms. The van der Waals surface area contributed by atoms with Crippen LogP contribution in [0.25, 0.3) is 0 Å². The summed E-state index contributed by atoms with van der Waals surface area (Å²) < 4.78 is 5.12. The molecule has 0 heterocycles. The average molecular weight is 328 g/mol. The summed E-state index contributed by atoms with van der Waals surface area (Å²) in [6, 6.07) is 13.1. The van der Waals surface area contributed by atoms with Gasteiger partial charge in [0.15, 0.2) is 6.10 Å². The molecule has 0 spiro atoms. The summed E-state index contributed by atoms with van der Waals surface area (Å²) in [6.07, 6.45) is -0.964. The molecule has 6 heteroatoms. The summed E-state index contributed by atoms with van der Waals surface area (Å²) in [5.41, 5.74) is 1.81. The number of amides is 1. The first-order valence-electron chi connectivity index (χ1n) is 7.45. The highest BCUT2D eigenvalue weighted by Gasteiger charge is 2.19. The number of phenolic OH excluding ortho intramolecular Hbond substituents is 1. The highest BCUT2D eigenvalue weighted by Crippen LogP contribution is 2.17. The number of anilines is 2. The van der Waals surface area contributed by atoms with Gasteiger partial charge in [0.05, 0.1) is 5.56 Å². The molecule has 0 aliphatic carbocycles. The van der Waals surface area contributed by atoms with Crippen molar-refractivity contribution in [3.8, 4) is 5.75 Å². The lowest BCUT2D eigenvalue weighted by atomic mass is 10.2. The Balaban J connectivity index is 1.95. The second-order valence-corrected chi connectivity index (χ2v) is 5.53. The van der Waals surface area contributed by atoms with Crippen molar-refractivity contribution in [3.05, 3.63) is 54.1 Å². The Morgan fingerprint density at radius 2 is 1.79 bits per heavy atom. The minimum atomic E-state index is -0.964. The summed E-state index contributed by atoms with van der Waals surface area (Å²) in [6.45, 7) is 1.49. The predicted octanol–water partition coefficient (Wildman–Crippen LogP) is 2.64. The molecule has 0 bridgehead atoms. The van der Waals surface area contributed by atoms with E-state index in [9.17, 15) is 14.7 Å². The van der Waals surface area contributed by atoms with Gasteiger partial charge >= 0.3 is 5.97 Å². The zero-order valence-electron chi connectivity index (χ0n) is 13.8. The van der Waals surface area contributed by atoms with Gasteiger partial charge in [0.2, 0.25) is 0 Å². The van der Waals surface area contributed by atoms with Crippen molar-refractivity contribution in [1.82, 2.24) is 0 Å². The fourth-order valence-electron chi connectivity index (χ4n) is 2.00. The van der Waals surface area contributed by atoms with Crippen LogP contribution < -0.4 is 10.2 Å². The molecular weight excluding hydrogens is 308 g/mol. The van der Waals surface area contributed by atoms with E-state index in [-0.39, 0.29) is 11.3 Å². The minimum absolute atomic E-state index is 0.0393. The van der Waals surface area contributed by atoms with Gasteiger partial charge in [0.1, 0.15) is 5.75 Å². The highest BCUT2D eigenvalue weighted by atomic mass is 16.5. The van der Waals surface area contributed by atoms with Gasteiger partial charge in [-0.25, -0.2) is 4.79 Å². The number of carbonyl (C=O) groups excluding carboxylic acids is 2. The zero-order chi connectivity index (χ0) is 17.7. The molecule has 1 amide bonds. The summed E-state index contributed by atoms with van der Waals surface area (Å²) in [4.78, 5) is 26.0. The van der Waals surface area contributed by atoms with E-state index in [1.807, 2.05) is 31.1 Å². The Kier molecular flexibility index (Phi) is 5.42. The van der Waals surface area contributed by atoms with E-state index < -0.39 is 18.0 Å². The molecule has 2 aromatic carbocycles. The molecule has 126 valence electrons. The van der Waals surface area contributed by atoms with Crippen molar-refractivity contribution in [1.29, 1.82) is 0 Å².